The van der Waals surface area contributed by atoms with Crippen molar-refractivity contribution in [1.29, 1.82) is 0 Å². The summed E-state index contributed by atoms with van der Waals surface area (Å²) in [4.78, 5) is 17.2. The first-order valence-corrected chi connectivity index (χ1v) is 11.2. The second kappa shape index (κ2) is 8.99. The number of hydrogen-bond acceptors (Lipinski definition) is 5. The van der Waals surface area contributed by atoms with Crippen molar-refractivity contribution >= 4 is 21.6 Å². The Morgan fingerprint density at radius 3 is 2.33 bits per heavy atom. The maximum absolute atomic E-state index is 13.2. The Labute approximate surface area is 177 Å². The molecule has 160 valence electrons. The molecule has 1 aliphatic rings. The topological polar surface area (TPSA) is 84.9 Å². The third kappa shape index (κ3) is 4.72. The average molecular weight is 431 g/mol. The number of nitrogens with zero attached hydrogens (tertiary/aromatic N) is 1. The lowest BCUT2D eigenvalue weighted by Gasteiger charge is -2.35. The van der Waals surface area contributed by atoms with Crippen LogP contribution in [0.5, 0.6) is 5.75 Å². The Balaban J connectivity index is 1.87. The fourth-order valence-electron chi connectivity index (χ4n) is 3.33. The molecule has 7 nitrogen and oxygen atoms in total. The van der Waals surface area contributed by atoms with Crippen LogP contribution in [0.4, 0.5) is 5.69 Å². The summed E-state index contributed by atoms with van der Waals surface area (Å²) in [5.41, 5.74) is 2.29. The summed E-state index contributed by atoms with van der Waals surface area (Å²) in [6.07, 6.45) is 1.36. The van der Waals surface area contributed by atoms with Crippen LogP contribution in [-0.2, 0) is 19.7 Å². The van der Waals surface area contributed by atoms with Crippen molar-refractivity contribution < 1.29 is 22.8 Å². The van der Waals surface area contributed by atoms with Gasteiger partial charge in [0, 0.05) is 12.6 Å². The predicted molar refractivity (Wildman–Crippen MR) is 114 cm³/mol. The number of amides is 1. The lowest BCUT2D eigenvalue weighted by atomic mass is 10.00. The van der Waals surface area contributed by atoms with Gasteiger partial charge >= 0.3 is 0 Å². The van der Waals surface area contributed by atoms with E-state index >= 15 is 0 Å². The van der Waals surface area contributed by atoms with Gasteiger partial charge in [0.25, 0.3) is 10.0 Å². The van der Waals surface area contributed by atoms with Gasteiger partial charge in [0.1, 0.15) is 11.9 Å². The second-order valence-electron chi connectivity index (χ2n) is 7.10. The second-order valence-corrected chi connectivity index (χ2v) is 8.89. The van der Waals surface area contributed by atoms with Crippen molar-refractivity contribution in [2.45, 2.75) is 44.7 Å². The molecule has 2 unspecified atom stereocenters. The first-order chi connectivity index (χ1) is 14.2. The van der Waals surface area contributed by atoms with E-state index in [9.17, 15) is 13.2 Å². The Kier molecular flexibility index (Phi) is 6.60. The van der Waals surface area contributed by atoms with Crippen molar-refractivity contribution in [2.75, 3.05) is 11.9 Å². The van der Waals surface area contributed by atoms with Gasteiger partial charge in [0.2, 0.25) is 5.91 Å². The molecule has 0 bridgehead atoms. The van der Waals surface area contributed by atoms with Crippen LogP contribution in [0, 0.1) is 0 Å². The van der Waals surface area contributed by atoms with E-state index in [0.717, 1.165) is 21.4 Å². The smallest absolute Gasteiger partial charge is 0.265 e. The van der Waals surface area contributed by atoms with Gasteiger partial charge in [-0.25, -0.2) is 8.42 Å². The van der Waals surface area contributed by atoms with Gasteiger partial charge in [0.15, 0.2) is 0 Å². The quantitative estimate of drug-likeness (QED) is 0.699. The van der Waals surface area contributed by atoms with Crippen molar-refractivity contribution in [2.24, 2.45) is 0 Å². The molecule has 2 aromatic rings. The van der Waals surface area contributed by atoms with Crippen LogP contribution in [-0.4, -0.2) is 31.4 Å². The van der Waals surface area contributed by atoms with Crippen LogP contribution >= 0.6 is 0 Å². The van der Waals surface area contributed by atoms with E-state index in [1.54, 1.807) is 19.1 Å². The highest BCUT2D eigenvalue weighted by Gasteiger charge is 2.36. The van der Waals surface area contributed by atoms with Gasteiger partial charge in [-0.3, -0.25) is 9.63 Å². The van der Waals surface area contributed by atoms with E-state index in [2.05, 4.69) is 5.32 Å². The molecule has 1 aliphatic heterocycles. The third-order valence-corrected chi connectivity index (χ3v) is 6.42. The maximum atomic E-state index is 13.2. The van der Waals surface area contributed by atoms with E-state index in [1.807, 2.05) is 44.2 Å². The molecule has 3 rings (SSSR count). The fraction of sp³-hybridized carbons (Fsp3) is 0.318. The highest BCUT2D eigenvalue weighted by molar-refractivity contribution is 7.89. The summed E-state index contributed by atoms with van der Waals surface area (Å²) in [6.45, 7) is 7.56. The highest BCUT2D eigenvalue weighted by atomic mass is 32.2. The molecule has 8 heteroatoms. The van der Waals surface area contributed by atoms with E-state index < -0.39 is 22.2 Å². The van der Waals surface area contributed by atoms with Crippen molar-refractivity contribution in [1.82, 2.24) is 4.47 Å². The minimum absolute atomic E-state index is 0.0850. The van der Waals surface area contributed by atoms with Crippen LogP contribution in [0.15, 0.2) is 65.1 Å². The number of anilines is 1. The third-order valence-electron chi connectivity index (χ3n) is 4.66. The largest absolute Gasteiger partial charge is 0.494 e. The Morgan fingerprint density at radius 1 is 1.13 bits per heavy atom. The normalized spacial score (nSPS) is 19.8. The minimum atomic E-state index is -3.91. The molecule has 1 amide bonds. The number of rotatable bonds is 6. The first kappa shape index (κ1) is 22.0. The van der Waals surface area contributed by atoms with Gasteiger partial charge < -0.3 is 10.1 Å². The van der Waals surface area contributed by atoms with Crippen molar-refractivity contribution in [3.8, 4) is 5.75 Å². The first-order valence-electron chi connectivity index (χ1n) is 9.72. The average Bonchev–Trinajstić information content (AvgIpc) is 2.69. The number of benzene rings is 2. The fourth-order valence-corrected chi connectivity index (χ4v) is 4.72. The summed E-state index contributed by atoms with van der Waals surface area (Å²) in [6, 6.07) is 13.0. The maximum Gasteiger partial charge on any atom is 0.265 e. The SMILES string of the molecule is CCOc1ccc(C2ON(S(=O)(=O)c3ccc(NC(C)=O)cc3)C(C)C=C2C)cc1. The van der Waals surface area contributed by atoms with Crippen molar-refractivity contribution in [3.05, 3.63) is 65.7 Å². The summed E-state index contributed by atoms with van der Waals surface area (Å²) < 4.78 is 32.9. The van der Waals surface area contributed by atoms with Crippen LogP contribution in [0.2, 0.25) is 0 Å². The monoisotopic (exact) mass is 430 g/mol. The molecule has 2 aromatic carbocycles. The molecule has 0 saturated heterocycles. The molecule has 2 atom stereocenters. The number of hydroxylamine groups is 1. The van der Waals surface area contributed by atoms with Crippen LogP contribution < -0.4 is 10.1 Å². The van der Waals surface area contributed by atoms with Crippen LogP contribution in [0.3, 0.4) is 0 Å². The predicted octanol–water partition coefficient (Wildman–Crippen LogP) is 4.06. The molecule has 0 saturated carbocycles. The van der Waals surface area contributed by atoms with E-state index in [-0.39, 0.29) is 10.8 Å². The molecule has 1 N–H and O–H groups in total. The molecule has 0 aliphatic carbocycles. The molecule has 0 fully saturated rings. The summed E-state index contributed by atoms with van der Waals surface area (Å²) in [5.74, 6) is 0.521. The standard InChI is InChI=1S/C22H26N2O5S/c1-5-28-20-10-6-18(7-11-20)22-15(2)14-16(3)24(29-22)30(26,27)21-12-8-19(9-13-21)23-17(4)25/h6-14,16,22H,5H2,1-4H3,(H,23,25). The summed E-state index contributed by atoms with van der Waals surface area (Å²) in [7, 11) is -3.91. The van der Waals surface area contributed by atoms with Gasteiger partial charge in [-0.05, 0) is 68.3 Å². The lowest BCUT2D eigenvalue weighted by molar-refractivity contribution is -0.143. The van der Waals surface area contributed by atoms with Crippen molar-refractivity contribution in [3.63, 3.8) is 0 Å². The minimum Gasteiger partial charge on any atom is -0.494 e. The Hall–Kier alpha value is -2.68. The number of hydrogen-bond donors (Lipinski definition) is 1. The van der Waals surface area contributed by atoms with Gasteiger partial charge in [-0.2, -0.15) is 0 Å². The van der Waals surface area contributed by atoms with Crippen LogP contribution in [0.1, 0.15) is 39.4 Å². The zero-order valence-electron chi connectivity index (χ0n) is 17.5. The Bertz CT molecular complexity index is 1030. The van der Waals surface area contributed by atoms with Gasteiger partial charge in [-0.1, -0.05) is 22.7 Å². The number of ether oxygens (including phenoxy) is 1. The molecule has 0 radical (unpaired) electrons. The number of nitrogens with one attached hydrogen (secondary N) is 1. The van der Waals surface area contributed by atoms with E-state index in [1.165, 1.54) is 19.1 Å². The zero-order chi connectivity index (χ0) is 21.9. The Morgan fingerprint density at radius 2 is 1.77 bits per heavy atom. The van der Waals surface area contributed by atoms with Crippen LogP contribution in [0.25, 0.3) is 0 Å². The molecule has 0 spiro atoms. The van der Waals surface area contributed by atoms with Gasteiger partial charge in [-0.15, -0.1) is 0 Å². The van der Waals surface area contributed by atoms with E-state index in [4.69, 9.17) is 9.57 Å². The van der Waals surface area contributed by atoms with E-state index in [0.29, 0.717) is 12.3 Å². The number of sulfonamides is 1. The molecule has 0 aromatic heterocycles. The number of carbonyl (C=O) groups excluding carboxylic acids is 1. The molecule has 30 heavy (non-hydrogen) atoms. The zero-order valence-corrected chi connectivity index (χ0v) is 18.3. The molecular formula is C22H26N2O5S. The molecular weight excluding hydrogens is 404 g/mol. The highest BCUT2D eigenvalue weighted by Crippen LogP contribution is 2.36. The molecule has 1 heterocycles. The summed E-state index contributed by atoms with van der Waals surface area (Å²) in [5, 5.41) is 2.62. The summed E-state index contributed by atoms with van der Waals surface area (Å²) >= 11 is 0. The lowest BCUT2D eigenvalue weighted by Crippen LogP contribution is -2.41. The number of carbonyl (C=O) groups is 1. The van der Waals surface area contributed by atoms with Gasteiger partial charge in [0.05, 0.1) is 17.5 Å².